The lowest BCUT2D eigenvalue weighted by molar-refractivity contribution is -0.146. The highest BCUT2D eigenvalue weighted by Crippen LogP contribution is 2.58. The van der Waals surface area contributed by atoms with Crippen molar-refractivity contribution in [1.29, 1.82) is 0 Å². The smallest absolute Gasteiger partial charge is 0.408 e. The second-order valence-electron chi connectivity index (χ2n) is 17.3. The van der Waals surface area contributed by atoms with Gasteiger partial charge in [0.15, 0.2) is 0 Å². The fourth-order valence-corrected chi connectivity index (χ4v) is 10.9. The number of carbonyl (C=O) groups excluding carboxylic acids is 4. The van der Waals surface area contributed by atoms with Crippen LogP contribution in [0.25, 0.3) is 0 Å². The van der Waals surface area contributed by atoms with E-state index in [2.05, 4.69) is 29.8 Å². The number of phenols is 1. The minimum Gasteiger partial charge on any atom is -0.508 e. The molecule has 0 heterocycles. The second-order valence-corrected chi connectivity index (χ2v) is 17.3. The normalized spacial score (nSPS) is 28.6. The van der Waals surface area contributed by atoms with Crippen molar-refractivity contribution < 1.29 is 34.1 Å². The summed E-state index contributed by atoms with van der Waals surface area (Å²) < 4.78 is 5.29. The summed E-state index contributed by atoms with van der Waals surface area (Å²) in [6.07, 6.45) is 7.43. The summed E-state index contributed by atoms with van der Waals surface area (Å²) in [5.74, 6) is -0.918. The molecule has 2 saturated carbocycles. The van der Waals surface area contributed by atoms with Crippen molar-refractivity contribution in [3.63, 3.8) is 0 Å². The molecule has 0 radical (unpaired) electrons. The minimum absolute atomic E-state index is 0.0310. The van der Waals surface area contributed by atoms with Crippen LogP contribution in [0.3, 0.4) is 0 Å². The first-order chi connectivity index (χ1) is 26.2. The van der Waals surface area contributed by atoms with Gasteiger partial charge in [-0.25, -0.2) is 4.79 Å². The SMILES string of the molecule is Cc1ccc(COC(=O)N[C@@H](CO)C(=O)Nc2ccc3c(c2)[C@@]2(C)CCC[C@](C)(C(=O)NC(=O)[C@H]4CCC[C@]5(C)c6cc(O)ccc6CC[C@@H]45)[C@@H]2CC3)cc1. The number of aryl methyl sites for hydroxylation is 3. The molecule has 4 amide bonds. The molecule has 4 aliphatic carbocycles. The molecule has 10 heteroatoms. The van der Waals surface area contributed by atoms with Crippen molar-refractivity contribution in [2.75, 3.05) is 11.9 Å². The maximum absolute atomic E-state index is 14.4. The minimum atomic E-state index is -1.22. The zero-order chi connectivity index (χ0) is 39.1. The van der Waals surface area contributed by atoms with E-state index >= 15 is 0 Å². The van der Waals surface area contributed by atoms with E-state index in [1.54, 1.807) is 6.07 Å². The molecular weight excluding hydrogens is 695 g/mol. The van der Waals surface area contributed by atoms with E-state index in [1.807, 2.05) is 68.4 Å². The van der Waals surface area contributed by atoms with E-state index in [0.29, 0.717) is 12.1 Å². The van der Waals surface area contributed by atoms with Crippen LogP contribution in [0.15, 0.2) is 60.7 Å². The lowest BCUT2D eigenvalue weighted by Crippen LogP contribution is -2.57. The van der Waals surface area contributed by atoms with Crippen LogP contribution in [0.5, 0.6) is 5.75 Å². The maximum atomic E-state index is 14.4. The van der Waals surface area contributed by atoms with Gasteiger partial charge in [0.2, 0.25) is 17.7 Å². The molecule has 3 aromatic carbocycles. The van der Waals surface area contributed by atoms with E-state index < -0.39 is 30.1 Å². The number of anilines is 1. The predicted octanol–water partition coefficient (Wildman–Crippen LogP) is 6.90. The summed E-state index contributed by atoms with van der Waals surface area (Å²) in [4.78, 5) is 54.4. The standard InChI is InChI=1S/C45H55N3O7/c1-27-8-10-28(11-9-27)26-55-42(54)47-37(25-49)40(52)46-31-16-12-29-15-19-38-44(3,35(29)23-31)21-6-22-45(38,4)41(53)48-39(51)33-7-5-20-43(2)34(33)18-14-30-13-17-32(50)24-36(30)43/h8-13,16-17,23-24,33-34,37-38,49-50H,5-7,14-15,18-22,25-26H2,1-4H3,(H,46,52)(H,47,54)(H,48,51,53)/t33-,34-,37-,38+,43-,44+,45-/m0/s1. The number of phenolic OH excluding ortho intramolecular Hbond substituents is 1. The number of rotatable bonds is 8. The van der Waals surface area contributed by atoms with Gasteiger partial charge in [-0.05, 0) is 133 Å². The van der Waals surface area contributed by atoms with Crippen LogP contribution in [-0.4, -0.2) is 46.7 Å². The van der Waals surface area contributed by atoms with Gasteiger partial charge < -0.3 is 25.6 Å². The lowest BCUT2D eigenvalue weighted by Gasteiger charge is -2.54. The summed E-state index contributed by atoms with van der Waals surface area (Å²) in [7, 11) is 0. The van der Waals surface area contributed by atoms with Crippen molar-refractivity contribution in [2.24, 2.45) is 23.2 Å². The Bertz CT molecular complexity index is 1980. The number of carbonyl (C=O) groups is 4. The molecule has 3 aromatic rings. The van der Waals surface area contributed by atoms with Gasteiger partial charge in [-0.15, -0.1) is 0 Å². The average Bonchev–Trinajstić information content (AvgIpc) is 3.16. The Labute approximate surface area is 323 Å². The number of aliphatic hydroxyl groups excluding tert-OH is 1. The third-order valence-electron chi connectivity index (χ3n) is 13.9. The number of fused-ring (bicyclic) bond motifs is 6. The predicted molar refractivity (Wildman–Crippen MR) is 209 cm³/mol. The van der Waals surface area contributed by atoms with Crippen molar-refractivity contribution in [3.8, 4) is 5.75 Å². The largest absolute Gasteiger partial charge is 0.508 e. The molecule has 0 saturated heterocycles. The summed E-state index contributed by atoms with van der Waals surface area (Å²) in [5, 5.41) is 28.6. The zero-order valence-corrected chi connectivity index (χ0v) is 32.5. The first-order valence-corrected chi connectivity index (χ1v) is 20.0. The number of hydrogen-bond acceptors (Lipinski definition) is 7. The van der Waals surface area contributed by atoms with Crippen molar-refractivity contribution in [3.05, 3.63) is 94.0 Å². The van der Waals surface area contributed by atoms with Crippen LogP contribution >= 0.6 is 0 Å². The zero-order valence-electron chi connectivity index (χ0n) is 32.5. The highest BCUT2D eigenvalue weighted by Gasteiger charge is 2.56. The summed E-state index contributed by atoms with van der Waals surface area (Å²) >= 11 is 0. The molecule has 292 valence electrons. The quantitative estimate of drug-likeness (QED) is 0.157. The van der Waals surface area contributed by atoms with Crippen LogP contribution in [0.4, 0.5) is 10.5 Å². The van der Waals surface area contributed by atoms with E-state index in [0.717, 1.165) is 80.0 Å². The van der Waals surface area contributed by atoms with E-state index in [9.17, 15) is 29.4 Å². The van der Waals surface area contributed by atoms with E-state index in [-0.39, 0.29) is 52.8 Å². The fraction of sp³-hybridized carbons (Fsp3) is 0.511. The molecule has 0 unspecified atom stereocenters. The molecule has 4 aliphatic rings. The first kappa shape index (κ1) is 38.6. The Morgan fingerprint density at radius 2 is 1.53 bits per heavy atom. The fourth-order valence-electron chi connectivity index (χ4n) is 10.9. The Morgan fingerprint density at radius 1 is 0.836 bits per heavy atom. The topological polar surface area (TPSA) is 154 Å². The van der Waals surface area contributed by atoms with E-state index in [1.165, 1.54) is 11.1 Å². The monoisotopic (exact) mass is 749 g/mol. The lowest BCUT2D eigenvalue weighted by atomic mass is 9.49. The van der Waals surface area contributed by atoms with Gasteiger partial charge in [0.25, 0.3) is 0 Å². The van der Waals surface area contributed by atoms with Gasteiger partial charge >= 0.3 is 6.09 Å². The van der Waals surface area contributed by atoms with Crippen LogP contribution in [0, 0.1) is 30.1 Å². The number of alkyl carbamates (subject to hydrolysis) is 1. The Hall–Kier alpha value is -4.70. The van der Waals surface area contributed by atoms with Crippen LogP contribution in [0.1, 0.15) is 106 Å². The third-order valence-corrected chi connectivity index (χ3v) is 13.9. The Balaban J connectivity index is 1.03. The molecule has 0 bridgehead atoms. The van der Waals surface area contributed by atoms with Crippen molar-refractivity contribution in [1.82, 2.24) is 10.6 Å². The van der Waals surface area contributed by atoms with Gasteiger partial charge in [-0.1, -0.05) is 75.6 Å². The van der Waals surface area contributed by atoms with Gasteiger partial charge in [0.05, 0.1) is 12.0 Å². The number of nitrogens with one attached hydrogen (secondary N) is 3. The molecular formula is C45H55N3O7. The molecule has 5 N–H and O–H groups in total. The highest BCUT2D eigenvalue weighted by atomic mass is 16.5. The highest BCUT2D eigenvalue weighted by molar-refractivity contribution is 5.99. The molecule has 0 aromatic heterocycles. The van der Waals surface area contributed by atoms with Crippen LogP contribution in [0.2, 0.25) is 0 Å². The number of imide groups is 1. The van der Waals surface area contributed by atoms with Gasteiger partial charge in [-0.2, -0.15) is 0 Å². The summed E-state index contributed by atoms with van der Waals surface area (Å²) in [6, 6.07) is 17.8. The van der Waals surface area contributed by atoms with Gasteiger partial charge in [0.1, 0.15) is 18.4 Å². The number of ether oxygens (including phenoxy) is 1. The van der Waals surface area contributed by atoms with Gasteiger partial charge in [-0.3, -0.25) is 19.7 Å². The van der Waals surface area contributed by atoms with Gasteiger partial charge in [0, 0.05) is 11.6 Å². The molecule has 7 rings (SSSR count). The molecule has 55 heavy (non-hydrogen) atoms. The summed E-state index contributed by atoms with van der Waals surface area (Å²) in [6.45, 7) is 7.84. The van der Waals surface area contributed by atoms with Crippen molar-refractivity contribution in [2.45, 2.75) is 115 Å². The van der Waals surface area contributed by atoms with E-state index in [4.69, 9.17) is 4.74 Å². The summed E-state index contributed by atoms with van der Waals surface area (Å²) in [5.41, 5.74) is 5.66. The van der Waals surface area contributed by atoms with Crippen LogP contribution < -0.4 is 16.0 Å². The first-order valence-electron chi connectivity index (χ1n) is 20.0. The van der Waals surface area contributed by atoms with Crippen LogP contribution in [-0.2, 0) is 49.4 Å². The number of aromatic hydroxyl groups is 1. The molecule has 7 atom stereocenters. The maximum Gasteiger partial charge on any atom is 0.408 e. The average molecular weight is 750 g/mol. The number of benzene rings is 3. The Morgan fingerprint density at radius 3 is 2.27 bits per heavy atom. The third kappa shape index (κ3) is 7.26. The molecule has 10 nitrogen and oxygen atoms in total. The second kappa shape index (κ2) is 15.1. The molecule has 0 aliphatic heterocycles. The molecule has 2 fully saturated rings. The van der Waals surface area contributed by atoms with Crippen molar-refractivity contribution >= 4 is 29.5 Å². The number of amides is 4. The number of aliphatic hydroxyl groups is 1. The number of hydrogen-bond donors (Lipinski definition) is 5. The molecule has 0 spiro atoms. The Kier molecular flexibility index (Phi) is 10.6.